The van der Waals surface area contributed by atoms with Gasteiger partial charge in [-0.1, -0.05) is 144 Å². The van der Waals surface area contributed by atoms with Crippen molar-refractivity contribution < 1.29 is 33.8 Å². The van der Waals surface area contributed by atoms with Crippen molar-refractivity contribution in [3.63, 3.8) is 0 Å². The van der Waals surface area contributed by atoms with Gasteiger partial charge in [0.25, 0.3) is 0 Å². The summed E-state index contributed by atoms with van der Waals surface area (Å²) in [6.07, 6.45) is 19.4. The minimum atomic E-state index is -0.863. The molecule has 4 nitrogen and oxygen atoms in total. The van der Waals surface area contributed by atoms with Gasteiger partial charge < -0.3 is 9.80 Å². The summed E-state index contributed by atoms with van der Waals surface area (Å²) in [6, 6.07) is 10.9. The van der Waals surface area contributed by atoms with Crippen LogP contribution in [0.15, 0.2) is 30.3 Å². The van der Waals surface area contributed by atoms with Gasteiger partial charge in [0.1, 0.15) is 0 Å². The van der Waals surface area contributed by atoms with E-state index in [9.17, 15) is 0 Å². The first-order valence-corrected chi connectivity index (χ1v) is 17.4. The third kappa shape index (κ3) is 18.0. The molecule has 8 heteroatoms. The Kier molecular flexibility index (Phi) is 26.2. The monoisotopic (exact) mass is 710 g/mol. The molecule has 2 aliphatic heterocycles. The van der Waals surface area contributed by atoms with Gasteiger partial charge in [-0.15, -0.1) is 0 Å². The number of likely N-dealkylation sites (N-methyl/N-ethyl adjacent to an activating group) is 2. The van der Waals surface area contributed by atoms with E-state index >= 15 is 0 Å². The smallest absolute Gasteiger partial charge is 0.305 e. The number of hydrogen-bond acceptors (Lipinski definition) is 4. The van der Waals surface area contributed by atoms with Crippen LogP contribution in [0.3, 0.4) is 0 Å². The number of unbranched alkanes of at least 4 members (excludes halogenated alkanes) is 11. The first kappa shape index (κ1) is 42.7. The van der Waals surface area contributed by atoms with Crippen LogP contribution in [0.1, 0.15) is 115 Å². The number of nitrogens with zero attached hydrogens (tertiary/aromatic N) is 4. The van der Waals surface area contributed by atoms with Crippen LogP contribution in [-0.2, 0) is 33.8 Å². The van der Waals surface area contributed by atoms with Crippen LogP contribution < -0.4 is 0 Å². The van der Waals surface area contributed by atoms with Crippen LogP contribution in [-0.4, -0.2) is 90.5 Å². The Labute approximate surface area is 291 Å². The molecule has 3 rings (SSSR count). The molecular formula is C34H62Cl2CoMnN4+4. The fourth-order valence-electron chi connectivity index (χ4n) is 5.94. The van der Waals surface area contributed by atoms with Gasteiger partial charge in [0.05, 0.1) is 0 Å². The molecule has 2 radical (unpaired) electrons. The van der Waals surface area contributed by atoms with Crippen molar-refractivity contribution >= 4 is 23.2 Å². The van der Waals surface area contributed by atoms with Gasteiger partial charge in [0.2, 0.25) is 0 Å². The molecule has 0 aliphatic carbocycles. The van der Waals surface area contributed by atoms with E-state index in [-0.39, 0.29) is 39.9 Å². The van der Waals surface area contributed by atoms with E-state index in [1.807, 2.05) is 0 Å². The van der Waals surface area contributed by atoms with Crippen molar-refractivity contribution in [2.24, 2.45) is 0 Å². The molecular weight excluding hydrogens is 649 g/mol. The van der Waals surface area contributed by atoms with E-state index < -0.39 is 4.46 Å². The number of benzene rings is 1. The molecule has 244 valence electrons. The van der Waals surface area contributed by atoms with Gasteiger partial charge in [-0.05, 0) is 39.2 Å². The maximum atomic E-state index is 6.97. The van der Waals surface area contributed by atoms with Gasteiger partial charge in [-0.25, -0.2) is 0 Å². The van der Waals surface area contributed by atoms with Crippen molar-refractivity contribution in [2.75, 3.05) is 66.5 Å². The molecule has 0 amide bonds. The van der Waals surface area contributed by atoms with Crippen LogP contribution in [0.2, 0.25) is 0 Å². The van der Waals surface area contributed by atoms with Gasteiger partial charge >= 0.3 is 33.8 Å². The topological polar surface area (TPSA) is 13.0 Å². The predicted octanol–water partition coefficient (Wildman–Crippen LogP) is 8.84. The Morgan fingerprint density at radius 3 is 1.71 bits per heavy atom. The first-order chi connectivity index (χ1) is 19.4. The van der Waals surface area contributed by atoms with Gasteiger partial charge in [-0.3, -0.25) is 9.80 Å². The van der Waals surface area contributed by atoms with E-state index in [4.69, 9.17) is 23.2 Å². The molecule has 3 unspecified atom stereocenters. The van der Waals surface area contributed by atoms with Crippen molar-refractivity contribution in [3.05, 3.63) is 35.9 Å². The Hall–Kier alpha value is 0.666. The predicted molar refractivity (Wildman–Crippen MR) is 178 cm³/mol. The normalized spacial score (nSPS) is 23.5. The van der Waals surface area contributed by atoms with Crippen LogP contribution >= 0.6 is 23.2 Å². The van der Waals surface area contributed by atoms with E-state index in [1.165, 1.54) is 89.0 Å². The molecule has 0 N–H and O–H groups in total. The molecule has 2 fully saturated rings. The number of hydrogen-bond donors (Lipinski definition) is 0. The summed E-state index contributed by atoms with van der Waals surface area (Å²) in [5, 5.41) is 0. The van der Waals surface area contributed by atoms with Crippen LogP contribution in [0.4, 0.5) is 0 Å². The molecule has 0 saturated carbocycles. The first-order valence-electron chi connectivity index (χ1n) is 16.7. The van der Waals surface area contributed by atoms with Crippen molar-refractivity contribution in [2.45, 2.75) is 114 Å². The quantitative estimate of drug-likeness (QED) is 0.0931. The number of fused-ring (bicyclic) bond motifs is 3. The van der Waals surface area contributed by atoms with E-state index in [1.54, 1.807) is 0 Å². The fourth-order valence-corrected chi connectivity index (χ4v) is 6.57. The molecule has 2 bridgehead atoms. The molecule has 1 aromatic rings. The third-order valence-electron chi connectivity index (χ3n) is 8.80. The second-order valence-electron chi connectivity index (χ2n) is 12.3. The van der Waals surface area contributed by atoms with E-state index in [0.29, 0.717) is 6.42 Å². The van der Waals surface area contributed by atoms with Crippen LogP contribution in [0.5, 0.6) is 0 Å². The van der Waals surface area contributed by atoms with Crippen molar-refractivity contribution in [3.8, 4) is 0 Å². The molecule has 3 atom stereocenters. The van der Waals surface area contributed by atoms with Gasteiger partial charge in [0, 0.05) is 51.7 Å². The van der Waals surface area contributed by atoms with E-state index in [2.05, 4.69) is 77.9 Å². The second kappa shape index (κ2) is 25.8. The van der Waals surface area contributed by atoms with Gasteiger partial charge in [-0.2, -0.15) is 0 Å². The van der Waals surface area contributed by atoms with Crippen LogP contribution in [0.25, 0.3) is 0 Å². The Morgan fingerprint density at radius 2 is 1.17 bits per heavy atom. The summed E-state index contributed by atoms with van der Waals surface area (Å²) in [7, 11) is 4.39. The fraction of sp³-hybridized carbons (Fsp3) is 0.824. The largest absolute Gasteiger partial charge is 2.00 e. The Balaban J connectivity index is 0.000000908. The summed E-state index contributed by atoms with van der Waals surface area (Å²) in [6.45, 7) is 12.8. The van der Waals surface area contributed by atoms with Crippen molar-refractivity contribution in [1.82, 2.24) is 19.6 Å². The minimum Gasteiger partial charge on any atom is -0.305 e. The Bertz CT molecular complexity index is 734. The standard InChI is InChI=1S/C20H32Cl2N4.C14H30.Co.Mn/c1-23-9-6-10-25-13-12-24(2)19(18-7-4-3-5-8-18)17-20(21,22)26(15-11-23)16-14-25;1-3-5-7-9-11-13-14-12-10-8-6-4-2;;/h3-5,7-8,19H,6,9-17H2,1-2H3;3-14H2,1-2H3;;/q;;2*+2. The average molecular weight is 712 g/mol. The molecule has 2 saturated heterocycles. The molecule has 42 heavy (non-hydrogen) atoms. The van der Waals surface area contributed by atoms with Crippen molar-refractivity contribution in [1.29, 1.82) is 0 Å². The SMILES string of the molecule is CCCCCCCCCCCCCC.CN1CCCN2CCN(C)C(c3ccccc3)CC(Cl)(Cl)N(CC1)CC2.[Co+2].[Mn+2]. The third-order valence-corrected chi connectivity index (χ3v) is 9.58. The molecule has 2 heterocycles. The number of alkyl halides is 2. The minimum absolute atomic E-state index is 0. The average Bonchev–Trinajstić information content (AvgIpc) is 2.95. The van der Waals surface area contributed by atoms with E-state index in [0.717, 1.165) is 52.4 Å². The summed E-state index contributed by atoms with van der Waals surface area (Å²) < 4.78 is -0.863. The molecule has 0 aromatic heterocycles. The zero-order chi connectivity index (χ0) is 29.1. The summed E-state index contributed by atoms with van der Waals surface area (Å²) in [4.78, 5) is 9.66. The summed E-state index contributed by atoms with van der Waals surface area (Å²) in [5.74, 6) is 0. The maximum absolute atomic E-state index is 6.97. The Morgan fingerprint density at radius 1 is 0.667 bits per heavy atom. The zero-order valence-electron chi connectivity index (χ0n) is 27.3. The molecule has 2 aliphatic rings. The molecule has 0 spiro atoms. The summed E-state index contributed by atoms with van der Waals surface area (Å²) >= 11 is 13.9. The second-order valence-corrected chi connectivity index (χ2v) is 13.7. The summed E-state index contributed by atoms with van der Waals surface area (Å²) in [5.41, 5.74) is 1.29. The molecule has 1 aromatic carbocycles. The number of rotatable bonds is 12. The van der Waals surface area contributed by atoms with Crippen LogP contribution in [0, 0.1) is 0 Å². The zero-order valence-corrected chi connectivity index (χ0v) is 31.0. The maximum Gasteiger partial charge on any atom is 2.00 e. The number of halogens is 2. The van der Waals surface area contributed by atoms with Gasteiger partial charge in [0.15, 0.2) is 4.46 Å².